The maximum absolute atomic E-state index is 6.04. The molecule has 2 aromatic carbocycles. The van der Waals surface area contributed by atoms with Crippen molar-refractivity contribution in [2.75, 3.05) is 17.3 Å². The molecule has 0 spiro atoms. The van der Waals surface area contributed by atoms with Crippen molar-refractivity contribution in [3.8, 4) is 0 Å². The molecule has 4 aromatic rings. The van der Waals surface area contributed by atoms with E-state index in [1.165, 1.54) is 4.90 Å². The lowest BCUT2D eigenvalue weighted by atomic mass is 10.1. The third kappa shape index (κ3) is 2.37. The highest BCUT2D eigenvalue weighted by atomic mass is 32.2. The summed E-state index contributed by atoms with van der Waals surface area (Å²) in [6.45, 7) is 0. The quantitative estimate of drug-likeness (QED) is 0.494. The van der Waals surface area contributed by atoms with E-state index in [1.54, 1.807) is 11.8 Å². The molecule has 5 nitrogen and oxygen atoms in total. The van der Waals surface area contributed by atoms with E-state index in [0.717, 1.165) is 27.5 Å². The Hall–Kier alpha value is -2.73. The molecule has 0 amide bonds. The molecule has 2 heterocycles. The van der Waals surface area contributed by atoms with Crippen molar-refractivity contribution in [3.63, 3.8) is 0 Å². The summed E-state index contributed by atoms with van der Waals surface area (Å²) in [5.74, 6) is 1.16. The minimum atomic E-state index is 0.446. The number of para-hydroxylation sites is 1. The summed E-state index contributed by atoms with van der Waals surface area (Å²) in [4.78, 5) is 5.94. The highest BCUT2D eigenvalue weighted by Crippen LogP contribution is 2.33. The average Bonchev–Trinajstić information content (AvgIpc) is 2.98. The number of hydrogen-bond donors (Lipinski definition) is 3. The van der Waals surface area contributed by atoms with Crippen molar-refractivity contribution in [1.29, 1.82) is 0 Å². The summed E-state index contributed by atoms with van der Waals surface area (Å²) in [6, 6.07) is 16.2. The molecule has 0 aliphatic carbocycles. The van der Waals surface area contributed by atoms with Crippen LogP contribution in [0.5, 0.6) is 0 Å². The molecule has 0 saturated carbocycles. The molecule has 2 aromatic heterocycles. The number of nitrogens with zero attached hydrogens (tertiary/aromatic N) is 2. The molecule has 0 fully saturated rings. The van der Waals surface area contributed by atoms with Gasteiger partial charge in [-0.05, 0) is 36.6 Å². The van der Waals surface area contributed by atoms with Gasteiger partial charge in [0.1, 0.15) is 5.82 Å². The smallest absolute Gasteiger partial charge is 0.156 e. The number of H-pyrrole nitrogens is 1. The summed E-state index contributed by atoms with van der Waals surface area (Å²) in [7, 11) is 0. The monoisotopic (exact) mass is 321 g/mol. The second kappa shape index (κ2) is 5.48. The lowest BCUT2D eigenvalue weighted by Gasteiger charge is -2.09. The van der Waals surface area contributed by atoms with Gasteiger partial charge in [-0.3, -0.25) is 5.10 Å². The van der Waals surface area contributed by atoms with Crippen LogP contribution in [0.1, 0.15) is 0 Å². The van der Waals surface area contributed by atoms with Crippen LogP contribution in [0, 0.1) is 0 Å². The SMILES string of the molecule is CSc1ccc(Nc2nc3ccccc3c3[nH]nc(N)c23)cc1. The first kappa shape index (κ1) is 13.9. The Bertz CT molecular complexity index is 991. The van der Waals surface area contributed by atoms with E-state index in [1.807, 2.05) is 36.4 Å². The molecule has 114 valence electrons. The highest BCUT2D eigenvalue weighted by Gasteiger charge is 2.13. The fourth-order valence-electron chi connectivity index (χ4n) is 2.65. The van der Waals surface area contributed by atoms with Crippen LogP contribution < -0.4 is 11.1 Å². The van der Waals surface area contributed by atoms with Crippen LogP contribution >= 0.6 is 11.8 Å². The predicted molar refractivity (Wildman–Crippen MR) is 97.3 cm³/mol. The number of nitrogens with one attached hydrogen (secondary N) is 2. The molecule has 0 radical (unpaired) electrons. The predicted octanol–water partition coefficient (Wildman–Crippen LogP) is 4.16. The Morgan fingerprint density at radius 3 is 2.65 bits per heavy atom. The number of thioether (sulfide) groups is 1. The van der Waals surface area contributed by atoms with Gasteiger partial charge in [0.25, 0.3) is 0 Å². The van der Waals surface area contributed by atoms with Crippen LogP contribution in [0.25, 0.3) is 21.8 Å². The third-order valence-electron chi connectivity index (χ3n) is 3.79. The zero-order chi connectivity index (χ0) is 15.8. The van der Waals surface area contributed by atoms with Crippen molar-refractivity contribution in [3.05, 3.63) is 48.5 Å². The summed E-state index contributed by atoms with van der Waals surface area (Å²) in [5, 5.41) is 12.3. The molecule has 4 rings (SSSR count). The van der Waals surface area contributed by atoms with Gasteiger partial charge in [0.15, 0.2) is 5.82 Å². The van der Waals surface area contributed by atoms with Crippen molar-refractivity contribution < 1.29 is 0 Å². The van der Waals surface area contributed by atoms with Gasteiger partial charge in [0.2, 0.25) is 0 Å². The lowest BCUT2D eigenvalue weighted by molar-refractivity contribution is 1.13. The van der Waals surface area contributed by atoms with Crippen molar-refractivity contribution in [2.45, 2.75) is 4.90 Å². The van der Waals surface area contributed by atoms with E-state index in [0.29, 0.717) is 11.6 Å². The average molecular weight is 321 g/mol. The lowest BCUT2D eigenvalue weighted by Crippen LogP contribution is -1.97. The van der Waals surface area contributed by atoms with E-state index in [4.69, 9.17) is 10.7 Å². The highest BCUT2D eigenvalue weighted by molar-refractivity contribution is 7.98. The first-order chi connectivity index (χ1) is 11.3. The van der Waals surface area contributed by atoms with Gasteiger partial charge < -0.3 is 11.1 Å². The molecule has 6 heteroatoms. The number of hydrogen-bond acceptors (Lipinski definition) is 5. The zero-order valence-electron chi connectivity index (χ0n) is 12.5. The maximum atomic E-state index is 6.04. The number of nitrogens with two attached hydrogens (primary N) is 1. The summed E-state index contributed by atoms with van der Waals surface area (Å²) in [5.41, 5.74) is 8.80. The second-order valence-electron chi connectivity index (χ2n) is 5.19. The molecule has 0 aliphatic heterocycles. The first-order valence-corrected chi connectivity index (χ1v) is 8.42. The Morgan fingerprint density at radius 2 is 1.87 bits per heavy atom. The number of aromatic nitrogens is 3. The van der Waals surface area contributed by atoms with E-state index in [9.17, 15) is 0 Å². The second-order valence-corrected chi connectivity index (χ2v) is 6.07. The van der Waals surface area contributed by atoms with Crippen molar-refractivity contribution >= 4 is 50.9 Å². The fourth-order valence-corrected chi connectivity index (χ4v) is 3.06. The van der Waals surface area contributed by atoms with Gasteiger partial charge in [-0.25, -0.2) is 4.98 Å². The molecule has 0 unspecified atom stereocenters. The largest absolute Gasteiger partial charge is 0.382 e. The Labute approximate surface area is 137 Å². The molecule has 0 atom stereocenters. The maximum Gasteiger partial charge on any atom is 0.156 e. The van der Waals surface area contributed by atoms with Gasteiger partial charge in [0, 0.05) is 16.0 Å². The van der Waals surface area contributed by atoms with Crippen LogP contribution in [-0.4, -0.2) is 21.4 Å². The van der Waals surface area contributed by atoms with E-state index >= 15 is 0 Å². The van der Waals surface area contributed by atoms with E-state index in [2.05, 4.69) is 33.9 Å². The fraction of sp³-hybridized carbons (Fsp3) is 0.0588. The van der Waals surface area contributed by atoms with Gasteiger partial charge >= 0.3 is 0 Å². The molecule has 23 heavy (non-hydrogen) atoms. The number of rotatable bonds is 3. The third-order valence-corrected chi connectivity index (χ3v) is 4.53. The van der Waals surface area contributed by atoms with Gasteiger partial charge in [-0.2, -0.15) is 5.10 Å². The molecule has 0 saturated heterocycles. The summed E-state index contributed by atoms with van der Waals surface area (Å²) < 4.78 is 0. The zero-order valence-corrected chi connectivity index (χ0v) is 13.3. The van der Waals surface area contributed by atoms with Crippen LogP contribution in [0.4, 0.5) is 17.3 Å². The standard InChI is InChI=1S/C17H15N5S/c1-23-11-8-6-10(7-9-11)19-17-14-15(21-22-16(14)18)12-4-2-3-5-13(12)20-17/h2-9H,1H3,(H,19,20)(H3,18,21,22). The van der Waals surface area contributed by atoms with Gasteiger partial charge in [-0.1, -0.05) is 18.2 Å². The minimum Gasteiger partial charge on any atom is -0.382 e. The molecular formula is C17H15N5S. The van der Waals surface area contributed by atoms with E-state index < -0.39 is 0 Å². The number of anilines is 3. The van der Waals surface area contributed by atoms with Crippen molar-refractivity contribution in [2.24, 2.45) is 0 Å². The Balaban J connectivity index is 1.88. The number of benzene rings is 2. The molecule has 0 bridgehead atoms. The summed E-state index contributed by atoms with van der Waals surface area (Å²) >= 11 is 1.71. The summed E-state index contributed by atoms with van der Waals surface area (Å²) in [6.07, 6.45) is 2.06. The number of fused-ring (bicyclic) bond motifs is 3. The van der Waals surface area contributed by atoms with Crippen LogP contribution in [0.3, 0.4) is 0 Å². The normalized spacial score (nSPS) is 11.2. The van der Waals surface area contributed by atoms with Crippen molar-refractivity contribution in [1.82, 2.24) is 15.2 Å². The Morgan fingerprint density at radius 1 is 1.09 bits per heavy atom. The van der Waals surface area contributed by atoms with Crippen LogP contribution in [0.2, 0.25) is 0 Å². The number of pyridine rings is 1. The molecule has 0 aliphatic rings. The molecular weight excluding hydrogens is 306 g/mol. The number of aromatic amines is 1. The Kier molecular flexibility index (Phi) is 3.31. The first-order valence-electron chi connectivity index (χ1n) is 7.19. The minimum absolute atomic E-state index is 0.446. The topological polar surface area (TPSA) is 79.6 Å². The van der Waals surface area contributed by atoms with Gasteiger partial charge in [-0.15, -0.1) is 11.8 Å². The van der Waals surface area contributed by atoms with E-state index in [-0.39, 0.29) is 0 Å². The van der Waals surface area contributed by atoms with Crippen LogP contribution in [0.15, 0.2) is 53.4 Å². The van der Waals surface area contributed by atoms with Crippen LogP contribution in [-0.2, 0) is 0 Å². The molecule has 4 N–H and O–H groups in total. The number of nitrogen functional groups attached to an aromatic ring is 1. The van der Waals surface area contributed by atoms with Gasteiger partial charge in [0.05, 0.1) is 16.4 Å².